The van der Waals surface area contributed by atoms with Crippen molar-refractivity contribution in [3.63, 3.8) is 0 Å². The van der Waals surface area contributed by atoms with Crippen molar-refractivity contribution in [1.82, 2.24) is 4.98 Å². The molecule has 3 aromatic rings. The van der Waals surface area contributed by atoms with Crippen molar-refractivity contribution >= 4 is 39.1 Å². The number of aromatic nitrogens is 1. The van der Waals surface area contributed by atoms with Crippen LogP contribution in [-0.4, -0.2) is 10.9 Å². The van der Waals surface area contributed by atoms with Crippen LogP contribution >= 0.6 is 27.5 Å². The van der Waals surface area contributed by atoms with Gasteiger partial charge in [0.15, 0.2) is 0 Å². The number of benzene rings is 2. The maximum Gasteiger partial charge on any atom is 0.228 e. The summed E-state index contributed by atoms with van der Waals surface area (Å²) in [6.07, 6.45) is 1.52. The number of nitrogens with zero attached hydrogens (tertiary/aromatic N) is 1. The van der Waals surface area contributed by atoms with E-state index in [1.807, 2.05) is 24.3 Å². The zero-order chi connectivity index (χ0) is 19.2. The van der Waals surface area contributed by atoms with E-state index in [9.17, 15) is 9.18 Å². The molecule has 2 aromatic carbocycles. The third kappa shape index (κ3) is 5.52. The highest BCUT2D eigenvalue weighted by molar-refractivity contribution is 9.10. The molecule has 0 fully saturated rings. The van der Waals surface area contributed by atoms with Gasteiger partial charge in [-0.15, -0.1) is 0 Å². The molecule has 0 radical (unpaired) electrons. The maximum absolute atomic E-state index is 12.8. The molecule has 0 aliphatic rings. The van der Waals surface area contributed by atoms with E-state index in [1.165, 1.54) is 18.3 Å². The average molecular weight is 450 g/mol. The van der Waals surface area contributed by atoms with Gasteiger partial charge in [0, 0.05) is 20.7 Å². The fourth-order valence-electron chi connectivity index (χ4n) is 2.37. The highest BCUT2D eigenvalue weighted by atomic mass is 79.9. The molecular weight excluding hydrogens is 435 g/mol. The van der Waals surface area contributed by atoms with Crippen LogP contribution in [0.4, 0.5) is 10.1 Å². The number of pyridine rings is 1. The second-order valence-electron chi connectivity index (χ2n) is 5.73. The minimum atomic E-state index is -0.555. The number of hydrogen-bond donors (Lipinski definition) is 1. The number of carbonyl (C=O) groups is 1. The molecule has 138 valence electrons. The molecule has 7 heteroatoms. The molecule has 4 nitrogen and oxygen atoms in total. The highest BCUT2D eigenvalue weighted by Crippen LogP contribution is 2.24. The molecule has 3 rings (SSSR count). The Labute approximate surface area is 169 Å². The SMILES string of the molecule is O=C(Cc1ccccc1Cl)Nc1ccc(COc2ccc(F)nc2)c(Br)c1. The molecule has 0 aliphatic heterocycles. The lowest BCUT2D eigenvalue weighted by atomic mass is 10.1. The van der Waals surface area contributed by atoms with E-state index in [0.717, 1.165) is 15.6 Å². The lowest BCUT2D eigenvalue weighted by molar-refractivity contribution is -0.115. The number of amides is 1. The van der Waals surface area contributed by atoms with Gasteiger partial charge in [0.05, 0.1) is 12.6 Å². The predicted octanol–water partition coefficient (Wildman–Crippen LogP) is 5.40. The maximum atomic E-state index is 12.8. The Balaban J connectivity index is 1.59. The first-order chi connectivity index (χ1) is 13.0. The van der Waals surface area contributed by atoms with Gasteiger partial charge in [0.25, 0.3) is 0 Å². The molecule has 27 heavy (non-hydrogen) atoms. The van der Waals surface area contributed by atoms with Gasteiger partial charge in [-0.3, -0.25) is 4.79 Å². The molecule has 0 spiro atoms. The van der Waals surface area contributed by atoms with E-state index in [-0.39, 0.29) is 18.9 Å². The summed E-state index contributed by atoms with van der Waals surface area (Å²) < 4.78 is 19.2. The van der Waals surface area contributed by atoms with Gasteiger partial charge in [-0.2, -0.15) is 4.39 Å². The van der Waals surface area contributed by atoms with E-state index in [4.69, 9.17) is 16.3 Å². The van der Waals surface area contributed by atoms with Gasteiger partial charge >= 0.3 is 0 Å². The van der Waals surface area contributed by atoms with Crippen molar-refractivity contribution in [2.24, 2.45) is 0 Å². The quantitative estimate of drug-likeness (QED) is 0.513. The van der Waals surface area contributed by atoms with Crippen LogP contribution < -0.4 is 10.1 Å². The second kappa shape index (κ2) is 8.97. The van der Waals surface area contributed by atoms with Crippen LogP contribution in [0.25, 0.3) is 0 Å². The van der Waals surface area contributed by atoms with E-state index < -0.39 is 5.95 Å². The topological polar surface area (TPSA) is 51.2 Å². The smallest absolute Gasteiger partial charge is 0.228 e. The molecule has 0 aliphatic carbocycles. The van der Waals surface area contributed by atoms with Crippen LogP contribution in [0.3, 0.4) is 0 Å². The first kappa shape index (κ1) is 19.3. The monoisotopic (exact) mass is 448 g/mol. The van der Waals surface area contributed by atoms with Crippen LogP contribution in [-0.2, 0) is 17.8 Å². The number of anilines is 1. The summed E-state index contributed by atoms with van der Waals surface area (Å²) in [6.45, 7) is 0.280. The molecule has 0 atom stereocenters. The second-order valence-corrected chi connectivity index (χ2v) is 6.99. The first-order valence-electron chi connectivity index (χ1n) is 8.07. The number of rotatable bonds is 6. The van der Waals surface area contributed by atoms with Gasteiger partial charge in [-0.1, -0.05) is 51.8 Å². The summed E-state index contributed by atoms with van der Waals surface area (Å²) in [7, 11) is 0. The highest BCUT2D eigenvalue weighted by Gasteiger charge is 2.09. The third-order valence-corrected chi connectivity index (χ3v) is 4.85. The number of hydrogen-bond acceptors (Lipinski definition) is 3. The molecule has 1 aromatic heterocycles. The Kier molecular flexibility index (Phi) is 6.42. The van der Waals surface area contributed by atoms with Crippen LogP contribution in [0.5, 0.6) is 5.75 Å². The van der Waals surface area contributed by atoms with Crippen molar-refractivity contribution in [2.75, 3.05) is 5.32 Å². The largest absolute Gasteiger partial charge is 0.487 e. The summed E-state index contributed by atoms with van der Waals surface area (Å²) >= 11 is 9.56. The van der Waals surface area contributed by atoms with Crippen LogP contribution in [0, 0.1) is 5.95 Å². The minimum Gasteiger partial charge on any atom is -0.487 e. The van der Waals surface area contributed by atoms with Crippen LogP contribution in [0.1, 0.15) is 11.1 Å². The van der Waals surface area contributed by atoms with E-state index in [0.29, 0.717) is 16.5 Å². The first-order valence-corrected chi connectivity index (χ1v) is 9.24. The van der Waals surface area contributed by atoms with Crippen LogP contribution in [0.15, 0.2) is 65.3 Å². The molecule has 0 saturated heterocycles. The fourth-order valence-corrected chi connectivity index (χ4v) is 3.07. The van der Waals surface area contributed by atoms with Crippen molar-refractivity contribution in [1.29, 1.82) is 0 Å². The molecule has 0 saturated carbocycles. The number of carbonyl (C=O) groups excluding carboxylic acids is 1. The van der Waals surface area contributed by atoms with Gasteiger partial charge < -0.3 is 10.1 Å². The standard InChI is InChI=1S/C20H15BrClFN2O2/c21-17-10-15(25-20(26)9-13-3-1-2-4-18(13)22)6-5-14(17)12-27-16-7-8-19(23)24-11-16/h1-8,10-11H,9,12H2,(H,25,26). The van der Waals surface area contributed by atoms with E-state index in [1.54, 1.807) is 18.2 Å². The molecule has 1 N–H and O–H groups in total. The van der Waals surface area contributed by atoms with Gasteiger partial charge in [-0.05, 0) is 35.9 Å². The summed E-state index contributed by atoms with van der Waals surface area (Å²) in [5, 5.41) is 3.41. The molecular formula is C20H15BrClFN2O2. The molecule has 0 bridgehead atoms. The fraction of sp³-hybridized carbons (Fsp3) is 0.100. The molecule has 1 heterocycles. The summed E-state index contributed by atoms with van der Waals surface area (Å²) in [4.78, 5) is 15.8. The van der Waals surface area contributed by atoms with Crippen molar-refractivity contribution < 1.29 is 13.9 Å². The number of ether oxygens (including phenoxy) is 1. The lowest BCUT2D eigenvalue weighted by Crippen LogP contribution is -2.14. The Hall–Kier alpha value is -2.44. The summed E-state index contributed by atoms with van der Waals surface area (Å²) in [5.41, 5.74) is 2.31. The molecule has 1 amide bonds. The summed E-state index contributed by atoms with van der Waals surface area (Å²) in [6, 6.07) is 15.4. The number of halogens is 3. The Morgan fingerprint density at radius 2 is 1.96 bits per heavy atom. The van der Waals surface area contributed by atoms with Gasteiger partial charge in [0.1, 0.15) is 12.4 Å². The van der Waals surface area contributed by atoms with Crippen molar-refractivity contribution in [2.45, 2.75) is 13.0 Å². The Morgan fingerprint density at radius 3 is 2.67 bits per heavy atom. The minimum absolute atomic E-state index is 0.156. The summed E-state index contributed by atoms with van der Waals surface area (Å²) in [5.74, 6) is -0.239. The van der Waals surface area contributed by atoms with E-state index >= 15 is 0 Å². The van der Waals surface area contributed by atoms with E-state index in [2.05, 4.69) is 26.2 Å². The van der Waals surface area contributed by atoms with Crippen molar-refractivity contribution in [3.05, 3.63) is 87.4 Å². The van der Waals surface area contributed by atoms with Gasteiger partial charge in [0.2, 0.25) is 11.9 Å². The number of nitrogens with one attached hydrogen (secondary N) is 1. The zero-order valence-electron chi connectivity index (χ0n) is 14.1. The van der Waals surface area contributed by atoms with Crippen LogP contribution in [0.2, 0.25) is 5.02 Å². The third-order valence-electron chi connectivity index (χ3n) is 3.74. The predicted molar refractivity (Wildman–Crippen MR) is 106 cm³/mol. The van der Waals surface area contributed by atoms with Crippen molar-refractivity contribution in [3.8, 4) is 5.75 Å². The average Bonchev–Trinajstić information content (AvgIpc) is 2.64. The molecule has 0 unspecified atom stereocenters. The zero-order valence-corrected chi connectivity index (χ0v) is 16.4. The normalized spacial score (nSPS) is 10.5. The Morgan fingerprint density at radius 1 is 1.15 bits per heavy atom. The van der Waals surface area contributed by atoms with Gasteiger partial charge in [-0.25, -0.2) is 4.98 Å². The Bertz CT molecular complexity index is 951. The lowest BCUT2D eigenvalue weighted by Gasteiger charge is -2.11.